The Morgan fingerprint density at radius 2 is 2.00 bits per heavy atom. The number of para-hydroxylation sites is 2. The molecule has 0 amide bonds. The molecule has 1 aliphatic carbocycles. The van der Waals surface area contributed by atoms with Crippen molar-refractivity contribution in [1.29, 1.82) is 0 Å². The Balaban J connectivity index is 1.60. The van der Waals surface area contributed by atoms with Crippen molar-refractivity contribution in [3.63, 3.8) is 0 Å². The van der Waals surface area contributed by atoms with E-state index in [1.807, 2.05) is 24.3 Å². The summed E-state index contributed by atoms with van der Waals surface area (Å²) in [4.78, 5) is 5.04. The predicted octanol–water partition coefficient (Wildman–Crippen LogP) is 5.10. The predicted molar refractivity (Wildman–Crippen MR) is 81.6 cm³/mol. The lowest BCUT2D eigenvalue weighted by Gasteiger charge is -2.23. The van der Waals surface area contributed by atoms with E-state index in [9.17, 15) is 0 Å². The Labute approximate surface area is 122 Å². The van der Waals surface area contributed by atoms with Gasteiger partial charge in [-0.3, -0.25) is 0 Å². The van der Waals surface area contributed by atoms with Crippen LogP contribution in [0, 0.1) is 5.92 Å². The van der Waals surface area contributed by atoms with Crippen LogP contribution in [-0.4, -0.2) is 9.81 Å². The molecule has 1 aliphatic rings. The molecule has 0 spiro atoms. The molecule has 0 saturated heterocycles. The second-order valence-electron chi connectivity index (χ2n) is 5.62. The van der Waals surface area contributed by atoms with Crippen LogP contribution in [0.5, 0.6) is 0 Å². The SMILES string of the molecule is BrC(Cc1nc2ccccc2o1)CC1CCCCC1. The van der Waals surface area contributed by atoms with Gasteiger partial charge >= 0.3 is 0 Å². The summed E-state index contributed by atoms with van der Waals surface area (Å²) in [5.41, 5.74) is 1.87. The number of benzene rings is 1. The van der Waals surface area contributed by atoms with Crippen molar-refractivity contribution in [2.45, 2.75) is 49.8 Å². The zero-order valence-corrected chi connectivity index (χ0v) is 12.7. The molecular formula is C16H20BrNO. The Bertz CT molecular complexity index is 497. The third kappa shape index (κ3) is 3.38. The number of hydrogen-bond donors (Lipinski definition) is 0. The van der Waals surface area contributed by atoms with Crippen molar-refractivity contribution in [2.24, 2.45) is 5.92 Å². The van der Waals surface area contributed by atoms with Gasteiger partial charge in [0.25, 0.3) is 0 Å². The van der Waals surface area contributed by atoms with Gasteiger partial charge in [0.1, 0.15) is 5.52 Å². The average Bonchev–Trinajstić information content (AvgIpc) is 2.81. The van der Waals surface area contributed by atoms with Crippen LogP contribution in [0.4, 0.5) is 0 Å². The maximum Gasteiger partial charge on any atom is 0.196 e. The highest BCUT2D eigenvalue weighted by Crippen LogP contribution is 2.30. The van der Waals surface area contributed by atoms with Crippen molar-refractivity contribution < 1.29 is 4.42 Å². The Kier molecular flexibility index (Phi) is 4.21. The Morgan fingerprint density at radius 1 is 1.21 bits per heavy atom. The topological polar surface area (TPSA) is 26.0 Å². The van der Waals surface area contributed by atoms with E-state index in [-0.39, 0.29) is 0 Å². The molecule has 0 bridgehead atoms. The van der Waals surface area contributed by atoms with Crippen LogP contribution in [-0.2, 0) is 6.42 Å². The Morgan fingerprint density at radius 3 is 2.79 bits per heavy atom. The maximum absolute atomic E-state index is 5.79. The molecule has 102 valence electrons. The molecule has 19 heavy (non-hydrogen) atoms. The van der Waals surface area contributed by atoms with E-state index in [0.29, 0.717) is 4.83 Å². The summed E-state index contributed by atoms with van der Waals surface area (Å²) in [7, 11) is 0. The van der Waals surface area contributed by atoms with Crippen LogP contribution in [0.15, 0.2) is 28.7 Å². The van der Waals surface area contributed by atoms with Gasteiger partial charge < -0.3 is 4.42 Å². The number of halogens is 1. The molecule has 1 saturated carbocycles. The molecule has 1 heterocycles. The summed E-state index contributed by atoms with van der Waals surface area (Å²) in [6.07, 6.45) is 9.18. The van der Waals surface area contributed by atoms with Gasteiger partial charge in [-0.1, -0.05) is 60.2 Å². The summed E-state index contributed by atoms with van der Waals surface area (Å²) < 4.78 is 5.79. The van der Waals surface area contributed by atoms with Crippen molar-refractivity contribution in [2.75, 3.05) is 0 Å². The van der Waals surface area contributed by atoms with Crippen LogP contribution in [0.3, 0.4) is 0 Å². The van der Waals surface area contributed by atoms with Crippen LogP contribution < -0.4 is 0 Å². The number of nitrogens with zero attached hydrogens (tertiary/aromatic N) is 1. The largest absolute Gasteiger partial charge is 0.441 e. The second-order valence-corrected chi connectivity index (χ2v) is 6.91. The molecule has 0 radical (unpaired) electrons. The number of aromatic nitrogens is 1. The van der Waals surface area contributed by atoms with Crippen LogP contribution in [0.25, 0.3) is 11.1 Å². The van der Waals surface area contributed by atoms with Gasteiger partial charge in [-0.15, -0.1) is 0 Å². The van der Waals surface area contributed by atoms with E-state index in [0.717, 1.165) is 29.3 Å². The van der Waals surface area contributed by atoms with Gasteiger partial charge in [0.15, 0.2) is 11.5 Å². The Hall–Kier alpha value is -0.830. The van der Waals surface area contributed by atoms with Crippen LogP contribution >= 0.6 is 15.9 Å². The fourth-order valence-electron chi connectivity index (χ4n) is 3.06. The van der Waals surface area contributed by atoms with Gasteiger partial charge in [-0.05, 0) is 24.5 Å². The molecule has 1 unspecified atom stereocenters. The highest BCUT2D eigenvalue weighted by molar-refractivity contribution is 9.09. The molecule has 0 aliphatic heterocycles. The lowest BCUT2D eigenvalue weighted by molar-refractivity contribution is 0.334. The van der Waals surface area contributed by atoms with Crippen molar-refractivity contribution >= 4 is 27.0 Å². The third-order valence-corrected chi connectivity index (χ3v) is 4.75. The number of fused-ring (bicyclic) bond motifs is 1. The smallest absolute Gasteiger partial charge is 0.196 e. The summed E-state index contributed by atoms with van der Waals surface area (Å²) >= 11 is 3.81. The molecule has 0 N–H and O–H groups in total. The number of alkyl halides is 1. The van der Waals surface area contributed by atoms with E-state index in [1.165, 1.54) is 38.5 Å². The standard InChI is InChI=1S/C16H20BrNO/c17-13(10-12-6-2-1-3-7-12)11-16-18-14-8-4-5-9-15(14)19-16/h4-5,8-9,12-13H,1-3,6-7,10-11H2. The van der Waals surface area contributed by atoms with Crippen molar-refractivity contribution in [1.82, 2.24) is 4.98 Å². The van der Waals surface area contributed by atoms with E-state index >= 15 is 0 Å². The summed E-state index contributed by atoms with van der Waals surface area (Å²) in [5.74, 6) is 1.75. The van der Waals surface area contributed by atoms with E-state index < -0.39 is 0 Å². The lowest BCUT2D eigenvalue weighted by Crippen LogP contribution is -2.13. The molecule has 1 fully saturated rings. The molecule has 2 nitrogen and oxygen atoms in total. The highest BCUT2D eigenvalue weighted by Gasteiger charge is 2.19. The molecule has 1 atom stereocenters. The third-order valence-electron chi connectivity index (χ3n) is 4.05. The fourth-order valence-corrected chi connectivity index (χ4v) is 3.87. The first-order chi connectivity index (χ1) is 9.31. The van der Waals surface area contributed by atoms with Gasteiger partial charge in [-0.25, -0.2) is 4.98 Å². The summed E-state index contributed by atoms with van der Waals surface area (Å²) in [6, 6.07) is 7.98. The summed E-state index contributed by atoms with van der Waals surface area (Å²) in [5, 5.41) is 0. The first kappa shape index (κ1) is 13.2. The van der Waals surface area contributed by atoms with Crippen LogP contribution in [0.2, 0.25) is 0 Å². The van der Waals surface area contributed by atoms with E-state index in [2.05, 4.69) is 20.9 Å². The van der Waals surface area contributed by atoms with Crippen LogP contribution in [0.1, 0.15) is 44.4 Å². The van der Waals surface area contributed by atoms with E-state index in [1.54, 1.807) is 0 Å². The first-order valence-corrected chi connectivity index (χ1v) is 8.21. The maximum atomic E-state index is 5.79. The normalized spacial score (nSPS) is 18.8. The van der Waals surface area contributed by atoms with Gasteiger partial charge in [-0.2, -0.15) is 0 Å². The minimum absolute atomic E-state index is 0.490. The zero-order valence-electron chi connectivity index (χ0n) is 11.1. The molecule has 2 aromatic rings. The fraction of sp³-hybridized carbons (Fsp3) is 0.562. The molecule has 1 aromatic carbocycles. The van der Waals surface area contributed by atoms with Gasteiger partial charge in [0.2, 0.25) is 0 Å². The summed E-state index contributed by atoms with van der Waals surface area (Å²) in [6.45, 7) is 0. The van der Waals surface area contributed by atoms with Crippen molar-refractivity contribution in [3.8, 4) is 0 Å². The van der Waals surface area contributed by atoms with Gasteiger partial charge in [0.05, 0.1) is 0 Å². The highest BCUT2D eigenvalue weighted by atomic mass is 79.9. The number of oxazole rings is 1. The monoisotopic (exact) mass is 321 g/mol. The second kappa shape index (κ2) is 6.08. The molecule has 3 heteroatoms. The van der Waals surface area contributed by atoms with Crippen molar-refractivity contribution in [3.05, 3.63) is 30.2 Å². The van der Waals surface area contributed by atoms with Gasteiger partial charge in [0, 0.05) is 11.2 Å². The quantitative estimate of drug-likeness (QED) is 0.732. The number of rotatable bonds is 4. The average molecular weight is 322 g/mol. The number of hydrogen-bond acceptors (Lipinski definition) is 2. The minimum atomic E-state index is 0.490. The van der Waals surface area contributed by atoms with E-state index in [4.69, 9.17) is 4.42 Å². The first-order valence-electron chi connectivity index (χ1n) is 7.30. The molecular weight excluding hydrogens is 302 g/mol. The zero-order chi connectivity index (χ0) is 13.1. The molecule has 1 aromatic heterocycles. The minimum Gasteiger partial charge on any atom is -0.441 e. The molecule has 3 rings (SSSR count). The lowest BCUT2D eigenvalue weighted by atomic mass is 9.86.